The lowest BCUT2D eigenvalue weighted by atomic mass is 9.91. The van der Waals surface area contributed by atoms with E-state index in [1.54, 1.807) is 50.6 Å². The Hall–Kier alpha value is -2.05. The Morgan fingerprint density at radius 1 is 1.13 bits per heavy atom. The standard InChI is InChI=1S/C17H19NO4S/c1-11-14(21-2)10-9-13(15(11)22-3)17(20)23-18-16(19)12-7-5-4-6-8-12/h4-11,15H,1-3H3,(H,18,19). The molecule has 0 aromatic heterocycles. The summed E-state index contributed by atoms with van der Waals surface area (Å²) in [6, 6.07) is 8.74. The normalized spacial score (nSPS) is 20.3. The molecule has 1 aliphatic rings. The Labute approximate surface area is 139 Å². The number of carbonyl (C=O) groups is 2. The predicted molar refractivity (Wildman–Crippen MR) is 89.6 cm³/mol. The van der Waals surface area contributed by atoms with Gasteiger partial charge in [0.05, 0.1) is 13.2 Å². The Kier molecular flexibility index (Phi) is 6.01. The number of allylic oxidation sites excluding steroid dienone is 2. The van der Waals surface area contributed by atoms with Crippen LogP contribution in [0, 0.1) is 5.92 Å². The third-order valence-electron chi connectivity index (χ3n) is 3.63. The van der Waals surface area contributed by atoms with Crippen molar-refractivity contribution < 1.29 is 19.1 Å². The maximum atomic E-state index is 12.4. The van der Waals surface area contributed by atoms with Crippen molar-refractivity contribution in [1.29, 1.82) is 0 Å². The van der Waals surface area contributed by atoms with E-state index in [9.17, 15) is 9.59 Å². The van der Waals surface area contributed by atoms with E-state index in [0.717, 1.165) is 17.7 Å². The van der Waals surface area contributed by atoms with Gasteiger partial charge in [0.25, 0.3) is 5.91 Å². The van der Waals surface area contributed by atoms with Crippen LogP contribution in [0.2, 0.25) is 0 Å². The van der Waals surface area contributed by atoms with Gasteiger partial charge in [-0.3, -0.25) is 14.3 Å². The van der Waals surface area contributed by atoms with E-state index < -0.39 is 6.10 Å². The summed E-state index contributed by atoms with van der Waals surface area (Å²) in [5, 5.41) is -0.251. The minimum Gasteiger partial charge on any atom is -0.501 e. The van der Waals surface area contributed by atoms with Gasteiger partial charge in [-0.2, -0.15) is 0 Å². The molecular weight excluding hydrogens is 314 g/mol. The second-order valence-corrected chi connectivity index (χ2v) is 5.81. The molecule has 0 aliphatic heterocycles. The third-order valence-corrected chi connectivity index (χ3v) is 4.34. The first-order valence-corrected chi connectivity index (χ1v) is 7.95. The largest absolute Gasteiger partial charge is 0.501 e. The molecule has 5 nitrogen and oxygen atoms in total. The number of hydrogen-bond acceptors (Lipinski definition) is 5. The molecule has 1 aromatic rings. The molecule has 1 N–H and O–H groups in total. The Morgan fingerprint density at radius 2 is 1.83 bits per heavy atom. The number of ether oxygens (including phenoxy) is 2. The molecule has 0 fully saturated rings. The highest BCUT2D eigenvalue weighted by Crippen LogP contribution is 2.30. The number of benzene rings is 1. The van der Waals surface area contributed by atoms with Crippen LogP contribution in [0.1, 0.15) is 17.3 Å². The average Bonchev–Trinajstić information content (AvgIpc) is 2.59. The van der Waals surface area contributed by atoms with Gasteiger partial charge in [0.15, 0.2) is 0 Å². The van der Waals surface area contributed by atoms with Gasteiger partial charge >= 0.3 is 0 Å². The molecule has 122 valence electrons. The number of nitrogens with one attached hydrogen (secondary N) is 1. The zero-order valence-electron chi connectivity index (χ0n) is 13.2. The van der Waals surface area contributed by atoms with Gasteiger partial charge in [0.2, 0.25) is 5.12 Å². The summed E-state index contributed by atoms with van der Waals surface area (Å²) >= 11 is 0.759. The smallest absolute Gasteiger partial charge is 0.261 e. The lowest BCUT2D eigenvalue weighted by Gasteiger charge is -2.28. The maximum absolute atomic E-state index is 12.4. The van der Waals surface area contributed by atoms with Crippen molar-refractivity contribution in [3.63, 3.8) is 0 Å². The van der Waals surface area contributed by atoms with Crippen molar-refractivity contribution in [1.82, 2.24) is 4.72 Å². The quantitative estimate of drug-likeness (QED) is 0.858. The highest BCUT2D eigenvalue weighted by atomic mass is 32.2. The second-order valence-electron chi connectivity index (χ2n) is 5.03. The number of carbonyl (C=O) groups excluding carboxylic acids is 2. The molecule has 0 saturated heterocycles. The summed E-state index contributed by atoms with van der Waals surface area (Å²) in [7, 11) is 3.14. The van der Waals surface area contributed by atoms with Crippen molar-refractivity contribution in [2.75, 3.05) is 14.2 Å². The molecule has 6 heteroatoms. The number of methoxy groups -OCH3 is 2. The first-order valence-electron chi connectivity index (χ1n) is 7.13. The zero-order chi connectivity index (χ0) is 16.8. The van der Waals surface area contributed by atoms with Gasteiger partial charge in [0, 0.05) is 36.1 Å². The van der Waals surface area contributed by atoms with E-state index in [4.69, 9.17) is 9.47 Å². The first-order chi connectivity index (χ1) is 11.1. The predicted octanol–water partition coefficient (Wildman–Crippen LogP) is 2.71. The van der Waals surface area contributed by atoms with E-state index >= 15 is 0 Å². The van der Waals surface area contributed by atoms with Crippen molar-refractivity contribution in [3.8, 4) is 0 Å². The molecule has 0 heterocycles. The van der Waals surface area contributed by atoms with E-state index in [1.165, 1.54) is 0 Å². The SMILES string of the molecule is COC1=CC=C(C(=O)SNC(=O)c2ccccc2)C(OC)C1C. The van der Waals surface area contributed by atoms with Crippen LogP contribution in [-0.4, -0.2) is 31.3 Å². The zero-order valence-corrected chi connectivity index (χ0v) is 14.1. The van der Waals surface area contributed by atoms with Gasteiger partial charge in [0.1, 0.15) is 5.76 Å². The molecule has 23 heavy (non-hydrogen) atoms. The van der Waals surface area contributed by atoms with E-state index in [1.807, 2.05) is 13.0 Å². The molecule has 1 aliphatic carbocycles. The van der Waals surface area contributed by atoms with Crippen LogP contribution in [-0.2, 0) is 14.3 Å². The Bertz CT molecular complexity index is 639. The molecule has 0 spiro atoms. The van der Waals surface area contributed by atoms with Gasteiger partial charge in [-0.25, -0.2) is 0 Å². The van der Waals surface area contributed by atoms with Crippen LogP contribution >= 0.6 is 11.9 Å². The summed E-state index contributed by atoms with van der Waals surface area (Å²) in [4.78, 5) is 24.4. The van der Waals surface area contributed by atoms with Gasteiger partial charge in [-0.05, 0) is 24.3 Å². The Balaban J connectivity index is 2.04. The summed E-state index contributed by atoms with van der Waals surface area (Å²) in [5.41, 5.74) is 1.00. The van der Waals surface area contributed by atoms with Crippen LogP contribution in [0.15, 0.2) is 53.8 Å². The highest BCUT2D eigenvalue weighted by Gasteiger charge is 2.32. The first kappa shape index (κ1) is 17.3. The molecule has 2 rings (SSSR count). The summed E-state index contributed by atoms with van der Waals surface area (Å²) in [6.45, 7) is 1.93. The van der Waals surface area contributed by atoms with Crippen LogP contribution < -0.4 is 4.72 Å². The summed E-state index contributed by atoms with van der Waals surface area (Å²) in [5.74, 6) is 0.376. The van der Waals surface area contributed by atoms with E-state index in [0.29, 0.717) is 11.1 Å². The number of rotatable bonds is 4. The van der Waals surface area contributed by atoms with E-state index in [2.05, 4.69) is 4.72 Å². The lowest BCUT2D eigenvalue weighted by Crippen LogP contribution is -2.31. The minimum atomic E-state index is -0.399. The molecule has 2 unspecified atom stereocenters. The molecule has 0 saturated carbocycles. The van der Waals surface area contributed by atoms with Gasteiger partial charge < -0.3 is 9.47 Å². The van der Waals surface area contributed by atoms with Crippen molar-refractivity contribution >= 4 is 23.0 Å². The monoisotopic (exact) mass is 333 g/mol. The molecule has 1 amide bonds. The summed E-state index contributed by atoms with van der Waals surface area (Å²) in [6.07, 6.45) is 3.04. The fourth-order valence-corrected chi connectivity index (χ4v) is 3.01. The van der Waals surface area contributed by atoms with Crippen LogP contribution in [0.3, 0.4) is 0 Å². The van der Waals surface area contributed by atoms with Crippen LogP contribution in [0.4, 0.5) is 0 Å². The topological polar surface area (TPSA) is 64.6 Å². The molecular formula is C17H19NO4S. The molecule has 2 atom stereocenters. The summed E-state index contributed by atoms with van der Waals surface area (Å²) < 4.78 is 13.3. The average molecular weight is 333 g/mol. The molecule has 0 bridgehead atoms. The minimum absolute atomic E-state index is 0.0700. The van der Waals surface area contributed by atoms with Gasteiger partial charge in [-0.1, -0.05) is 25.1 Å². The molecule has 0 radical (unpaired) electrons. The van der Waals surface area contributed by atoms with Crippen LogP contribution in [0.25, 0.3) is 0 Å². The second kappa shape index (κ2) is 7.99. The Morgan fingerprint density at radius 3 is 2.43 bits per heavy atom. The van der Waals surface area contributed by atoms with Crippen molar-refractivity contribution in [2.24, 2.45) is 5.92 Å². The number of hydrogen-bond donors (Lipinski definition) is 1. The lowest BCUT2D eigenvalue weighted by molar-refractivity contribution is -0.109. The van der Waals surface area contributed by atoms with Crippen molar-refractivity contribution in [3.05, 3.63) is 59.4 Å². The highest BCUT2D eigenvalue weighted by molar-refractivity contribution is 8.12. The molecule has 1 aromatic carbocycles. The van der Waals surface area contributed by atoms with E-state index in [-0.39, 0.29) is 16.9 Å². The fraction of sp³-hybridized carbons (Fsp3) is 0.294. The van der Waals surface area contributed by atoms with Crippen LogP contribution in [0.5, 0.6) is 0 Å². The third kappa shape index (κ3) is 4.03. The fourth-order valence-electron chi connectivity index (χ4n) is 2.41. The van der Waals surface area contributed by atoms with Crippen molar-refractivity contribution in [2.45, 2.75) is 13.0 Å². The number of amides is 1. The maximum Gasteiger partial charge on any atom is 0.261 e. The van der Waals surface area contributed by atoms with Gasteiger partial charge in [-0.15, -0.1) is 0 Å².